The van der Waals surface area contributed by atoms with Crippen LogP contribution in [0.15, 0.2) is 24.3 Å². The minimum Gasteiger partial charge on any atom is -0.486 e. The van der Waals surface area contributed by atoms with E-state index in [1.165, 1.54) is 24.8 Å². The number of benzene rings is 1. The SMILES string of the molecule is CCc1ccccc1OC1CN(C(=O)C2CC23CCC3)C1. The van der Waals surface area contributed by atoms with Gasteiger partial charge in [-0.05, 0) is 42.7 Å². The lowest BCUT2D eigenvalue weighted by Crippen LogP contribution is -2.57. The minimum atomic E-state index is 0.178. The van der Waals surface area contributed by atoms with Gasteiger partial charge in [0, 0.05) is 5.92 Å². The van der Waals surface area contributed by atoms with Crippen LogP contribution >= 0.6 is 0 Å². The maximum atomic E-state index is 12.4. The molecule has 112 valence electrons. The molecule has 21 heavy (non-hydrogen) atoms. The normalized spacial score (nSPS) is 26.1. The Labute approximate surface area is 126 Å². The Morgan fingerprint density at radius 2 is 2.10 bits per heavy atom. The lowest BCUT2D eigenvalue weighted by Gasteiger charge is -2.40. The third-order valence-corrected chi connectivity index (χ3v) is 5.64. The van der Waals surface area contributed by atoms with E-state index in [-0.39, 0.29) is 6.10 Å². The quantitative estimate of drug-likeness (QED) is 0.851. The molecular weight excluding hydrogens is 262 g/mol. The Morgan fingerprint density at radius 3 is 2.71 bits per heavy atom. The Kier molecular flexibility index (Phi) is 2.98. The molecule has 3 heteroatoms. The van der Waals surface area contributed by atoms with Crippen molar-refractivity contribution in [2.24, 2.45) is 11.3 Å². The van der Waals surface area contributed by atoms with Crippen LogP contribution in [0.5, 0.6) is 5.75 Å². The first-order chi connectivity index (χ1) is 10.2. The molecule has 1 aromatic carbocycles. The predicted octanol–water partition coefficient (Wildman–Crippen LogP) is 3.03. The number of amides is 1. The zero-order chi connectivity index (χ0) is 14.4. The molecule has 3 nitrogen and oxygen atoms in total. The van der Waals surface area contributed by atoms with Gasteiger partial charge >= 0.3 is 0 Å². The van der Waals surface area contributed by atoms with Crippen LogP contribution in [0.25, 0.3) is 0 Å². The molecule has 1 aromatic rings. The molecule has 1 aliphatic heterocycles. The first-order valence-corrected chi connectivity index (χ1v) is 8.25. The highest BCUT2D eigenvalue weighted by atomic mass is 16.5. The van der Waals surface area contributed by atoms with E-state index < -0.39 is 0 Å². The van der Waals surface area contributed by atoms with Gasteiger partial charge < -0.3 is 9.64 Å². The molecule has 4 rings (SSSR count). The second-order valence-corrected chi connectivity index (χ2v) is 6.92. The number of likely N-dealkylation sites (tertiary alicyclic amines) is 1. The van der Waals surface area contributed by atoms with Crippen LogP contribution in [0.3, 0.4) is 0 Å². The summed E-state index contributed by atoms with van der Waals surface area (Å²) in [6.45, 7) is 3.68. The summed E-state index contributed by atoms with van der Waals surface area (Å²) in [6.07, 6.45) is 6.19. The fourth-order valence-corrected chi connectivity index (χ4v) is 3.88. The molecule has 0 N–H and O–H groups in total. The van der Waals surface area contributed by atoms with Gasteiger partial charge in [-0.1, -0.05) is 31.5 Å². The summed E-state index contributed by atoms with van der Waals surface area (Å²) in [5, 5.41) is 0. The van der Waals surface area contributed by atoms with Gasteiger partial charge in [-0.3, -0.25) is 4.79 Å². The topological polar surface area (TPSA) is 29.5 Å². The van der Waals surface area contributed by atoms with E-state index >= 15 is 0 Å². The van der Waals surface area contributed by atoms with Crippen LogP contribution in [-0.4, -0.2) is 30.0 Å². The first kappa shape index (κ1) is 13.2. The number of para-hydroxylation sites is 1. The van der Waals surface area contributed by atoms with Gasteiger partial charge in [0.1, 0.15) is 11.9 Å². The molecule has 0 radical (unpaired) electrons. The van der Waals surface area contributed by atoms with Crippen molar-refractivity contribution in [1.29, 1.82) is 0 Å². The molecular formula is C18H23NO2. The maximum Gasteiger partial charge on any atom is 0.226 e. The van der Waals surface area contributed by atoms with E-state index in [0.29, 0.717) is 17.2 Å². The summed E-state index contributed by atoms with van der Waals surface area (Å²) in [6, 6.07) is 8.21. The van der Waals surface area contributed by atoms with E-state index in [0.717, 1.165) is 31.7 Å². The van der Waals surface area contributed by atoms with Crippen molar-refractivity contribution in [2.75, 3.05) is 13.1 Å². The molecule has 3 aliphatic rings. The Morgan fingerprint density at radius 1 is 1.33 bits per heavy atom. The lowest BCUT2D eigenvalue weighted by atomic mass is 9.79. The number of carbonyl (C=O) groups is 1. The molecule has 0 bridgehead atoms. The van der Waals surface area contributed by atoms with Crippen molar-refractivity contribution in [3.05, 3.63) is 29.8 Å². The zero-order valence-corrected chi connectivity index (χ0v) is 12.7. The van der Waals surface area contributed by atoms with Gasteiger partial charge in [0.2, 0.25) is 5.91 Å². The van der Waals surface area contributed by atoms with Crippen molar-refractivity contribution in [3.8, 4) is 5.75 Å². The average molecular weight is 285 g/mol. The Hall–Kier alpha value is -1.51. The van der Waals surface area contributed by atoms with Crippen LogP contribution in [0.1, 0.15) is 38.2 Å². The summed E-state index contributed by atoms with van der Waals surface area (Å²) in [5.41, 5.74) is 1.69. The summed E-state index contributed by atoms with van der Waals surface area (Å²) < 4.78 is 6.05. The molecule has 0 aromatic heterocycles. The molecule has 1 heterocycles. The fourth-order valence-electron chi connectivity index (χ4n) is 3.88. The highest BCUT2D eigenvalue weighted by Gasteiger charge is 2.62. The molecule has 1 spiro atoms. The molecule has 1 saturated heterocycles. The van der Waals surface area contributed by atoms with E-state index in [1.807, 2.05) is 23.1 Å². The monoisotopic (exact) mass is 285 g/mol. The van der Waals surface area contributed by atoms with Gasteiger partial charge in [-0.15, -0.1) is 0 Å². The van der Waals surface area contributed by atoms with Gasteiger partial charge in [-0.2, -0.15) is 0 Å². The summed E-state index contributed by atoms with van der Waals surface area (Å²) in [5.74, 6) is 1.72. The van der Waals surface area contributed by atoms with Crippen LogP contribution in [0, 0.1) is 11.3 Å². The largest absolute Gasteiger partial charge is 0.486 e. The van der Waals surface area contributed by atoms with Crippen molar-refractivity contribution >= 4 is 5.91 Å². The van der Waals surface area contributed by atoms with Crippen molar-refractivity contribution in [1.82, 2.24) is 4.90 Å². The number of aryl methyl sites for hydroxylation is 1. The molecule has 1 amide bonds. The Balaban J connectivity index is 1.30. The van der Waals surface area contributed by atoms with Crippen LogP contribution in [0.2, 0.25) is 0 Å². The smallest absolute Gasteiger partial charge is 0.226 e. The zero-order valence-electron chi connectivity index (χ0n) is 12.7. The van der Waals surface area contributed by atoms with E-state index in [2.05, 4.69) is 13.0 Å². The highest BCUT2D eigenvalue weighted by molar-refractivity contribution is 5.83. The summed E-state index contributed by atoms with van der Waals surface area (Å²) in [7, 11) is 0. The first-order valence-electron chi connectivity index (χ1n) is 8.25. The van der Waals surface area contributed by atoms with Gasteiger partial charge in [0.25, 0.3) is 0 Å². The van der Waals surface area contributed by atoms with Crippen molar-refractivity contribution < 1.29 is 9.53 Å². The van der Waals surface area contributed by atoms with Crippen molar-refractivity contribution in [2.45, 2.75) is 45.1 Å². The maximum absolute atomic E-state index is 12.4. The fraction of sp³-hybridized carbons (Fsp3) is 0.611. The number of hydrogen-bond donors (Lipinski definition) is 0. The average Bonchev–Trinajstić information content (AvgIpc) is 3.18. The molecule has 1 unspecified atom stereocenters. The number of carbonyl (C=O) groups excluding carboxylic acids is 1. The number of ether oxygens (including phenoxy) is 1. The lowest BCUT2D eigenvalue weighted by molar-refractivity contribution is -0.142. The highest BCUT2D eigenvalue weighted by Crippen LogP contribution is 2.66. The van der Waals surface area contributed by atoms with Crippen LogP contribution < -0.4 is 4.74 Å². The van der Waals surface area contributed by atoms with E-state index in [1.54, 1.807) is 0 Å². The number of hydrogen-bond acceptors (Lipinski definition) is 2. The second kappa shape index (κ2) is 4.75. The third-order valence-electron chi connectivity index (χ3n) is 5.64. The van der Waals surface area contributed by atoms with Gasteiger partial charge in [0.15, 0.2) is 0 Å². The summed E-state index contributed by atoms with van der Waals surface area (Å²) in [4.78, 5) is 14.4. The molecule has 1 atom stereocenters. The second-order valence-electron chi connectivity index (χ2n) is 6.92. The Bertz CT molecular complexity index is 558. The van der Waals surface area contributed by atoms with Gasteiger partial charge in [0.05, 0.1) is 13.1 Å². The third kappa shape index (κ3) is 2.14. The van der Waals surface area contributed by atoms with Crippen LogP contribution in [0.4, 0.5) is 0 Å². The van der Waals surface area contributed by atoms with Crippen molar-refractivity contribution in [3.63, 3.8) is 0 Å². The van der Waals surface area contributed by atoms with E-state index in [4.69, 9.17) is 4.74 Å². The number of nitrogens with zero attached hydrogens (tertiary/aromatic N) is 1. The van der Waals surface area contributed by atoms with E-state index in [9.17, 15) is 4.79 Å². The number of rotatable bonds is 4. The van der Waals surface area contributed by atoms with Crippen LogP contribution in [-0.2, 0) is 11.2 Å². The summed E-state index contributed by atoms with van der Waals surface area (Å²) >= 11 is 0. The molecule has 2 saturated carbocycles. The molecule has 2 aliphatic carbocycles. The minimum absolute atomic E-state index is 0.178. The molecule has 3 fully saturated rings. The standard InChI is InChI=1S/C18H23NO2/c1-2-13-6-3-4-7-16(13)21-14-11-19(12-14)17(20)15-10-18(15)8-5-9-18/h3-4,6-7,14-15H,2,5,8-12H2,1H3. The predicted molar refractivity (Wildman–Crippen MR) is 81.2 cm³/mol. The van der Waals surface area contributed by atoms with Gasteiger partial charge in [-0.25, -0.2) is 0 Å².